The first-order valence-corrected chi connectivity index (χ1v) is 7.28. The summed E-state index contributed by atoms with van der Waals surface area (Å²) in [5.74, 6) is 1.77. The van der Waals surface area contributed by atoms with Gasteiger partial charge in [-0.1, -0.05) is 50.3 Å². The lowest BCUT2D eigenvalue weighted by Gasteiger charge is -2.25. The van der Waals surface area contributed by atoms with E-state index in [0.29, 0.717) is 6.61 Å². The van der Waals surface area contributed by atoms with E-state index in [-0.39, 0.29) is 6.04 Å². The fraction of sp³-hybridized carbons (Fsp3) is 0.625. The van der Waals surface area contributed by atoms with Gasteiger partial charge in [-0.25, -0.2) is 0 Å². The summed E-state index contributed by atoms with van der Waals surface area (Å²) >= 11 is 0. The first kappa shape index (κ1) is 13.4. The van der Waals surface area contributed by atoms with E-state index in [0.717, 1.165) is 18.1 Å². The molecule has 2 nitrogen and oxygen atoms in total. The van der Waals surface area contributed by atoms with Crippen molar-refractivity contribution in [3.05, 3.63) is 29.8 Å². The fourth-order valence-electron chi connectivity index (χ4n) is 2.98. The molecule has 0 heterocycles. The second kappa shape index (κ2) is 6.79. The smallest absolute Gasteiger partial charge is 0.124 e. The van der Waals surface area contributed by atoms with Gasteiger partial charge in [0.1, 0.15) is 5.75 Å². The minimum absolute atomic E-state index is 0.121. The molecule has 100 valence electrons. The van der Waals surface area contributed by atoms with Crippen molar-refractivity contribution in [1.82, 2.24) is 0 Å². The van der Waals surface area contributed by atoms with Crippen molar-refractivity contribution in [1.29, 1.82) is 0 Å². The minimum atomic E-state index is 0.121. The molecule has 1 unspecified atom stereocenters. The maximum atomic E-state index is 6.38. The Kier molecular flexibility index (Phi) is 5.06. The van der Waals surface area contributed by atoms with E-state index < -0.39 is 0 Å². The molecular formula is C16H25NO. The van der Waals surface area contributed by atoms with Crippen LogP contribution in [-0.4, -0.2) is 6.61 Å². The van der Waals surface area contributed by atoms with Crippen LogP contribution >= 0.6 is 0 Å². The Morgan fingerprint density at radius 1 is 1.22 bits per heavy atom. The number of hydrogen-bond acceptors (Lipinski definition) is 2. The van der Waals surface area contributed by atoms with Gasteiger partial charge in [0.2, 0.25) is 0 Å². The topological polar surface area (TPSA) is 35.2 Å². The Balaban J connectivity index is 2.00. The molecule has 1 aliphatic carbocycles. The van der Waals surface area contributed by atoms with Gasteiger partial charge in [-0.05, 0) is 25.3 Å². The predicted molar refractivity (Wildman–Crippen MR) is 75.7 cm³/mol. The standard InChI is InChI=1S/C16H25NO/c1-2-18-16-11-7-6-10-14(16)15(17)12-13-8-4-3-5-9-13/h6-7,10-11,13,15H,2-5,8-9,12,17H2,1H3. The Bertz CT molecular complexity index is 358. The average molecular weight is 247 g/mol. The van der Waals surface area contributed by atoms with Gasteiger partial charge in [0, 0.05) is 11.6 Å². The molecule has 1 aliphatic rings. The van der Waals surface area contributed by atoms with Gasteiger partial charge in [0.15, 0.2) is 0 Å². The highest BCUT2D eigenvalue weighted by atomic mass is 16.5. The third kappa shape index (κ3) is 3.49. The van der Waals surface area contributed by atoms with Crippen molar-refractivity contribution >= 4 is 0 Å². The number of ether oxygens (including phenoxy) is 1. The summed E-state index contributed by atoms with van der Waals surface area (Å²) < 4.78 is 5.67. The Morgan fingerprint density at radius 2 is 1.94 bits per heavy atom. The molecule has 1 aromatic rings. The molecule has 2 rings (SSSR count). The number of nitrogens with two attached hydrogens (primary N) is 1. The van der Waals surface area contributed by atoms with Crippen LogP contribution in [0.5, 0.6) is 5.75 Å². The van der Waals surface area contributed by atoms with Crippen LogP contribution in [0, 0.1) is 5.92 Å². The molecule has 0 bridgehead atoms. The largest absolute Gasteiger partial charge is 0.494 e. The molecule has 1 aromatic carbocycles. The van der Waals surface area contributed by atoms with Gasteiger partial charge < -0.3 is 10.5 Å². The van der Waals surface area contributed by atoms with Gasteiger partial charge >= 0.3 is 0 Å². The van der Waals surface area contributed by atoms with Crippen LogP contribution in [0.4, 0.5) is 0 Å². The number of rotatable bonds is 5. The van der Waals surface area contributed by atoms with Crippen molar-refractivity contribution in [2.75, 3.05) is 6.61 Å². The van der Waals surface area contributed by atoms with Crippen molar-refractivity contribution in [3.63, 3.8) is 0 Å². The summed E-state index contributed by atoms with van der Waals surface area (Å²) in [6, 6.07) is 8.33. The molecule has 1 saturated carbocycles. The van der Waals surface area contributed by atoms with Crippen LogP contribution in [0.3, 0.4) is 0 Å². The predicted octanol–water partition coefficient (Wildman–Crippen LogP) is 4.06. The third-order valence-corrected chi connectivity index (χ3v) is 3.93. The van der Waals surface area contributed by atoms with E-state index in [1.807, 2.05) is 19.1 Å². The lowest BCUT2D eigenvalue weighted by atomic mass is 9.83. The lowest BCUT2D eigenvalue weighted by molar-refractivity contribution is 0.307. The summed E-state index contributed by atoms with van der Waals surface area (Å²) in [7, 11) is 0. The highest BCUT2D eigenvalue weighted by Crippen LogP contribution is 2.33. The van der Waals surface area contributed by atoms with Gasteiger partial charge in [-0.2, -0.15) is 0 Å². The maximum Gasteiger partial charge on any atom is 0.124 e. The van der Waals surface area contributed by atoms with Gasteiger partial charge in [0.25, 0.3) is 0 Å². The number of para-hydroxylation sites is 1. The Morgan fingerprint density at radius 3 is 2.67 bits per heavy atom. The van der Waals surface area contributed by atoms with Crippen LogP contribution < -0.4 is 10.5 Å². The molecule has 0 spiro atoms. The molecule has 0 amide bonds. The van der Waals surface area contributed by atoms with Crippen LogP contribution in [0.25, 0.3) is 0 Å². The molecule has 0 aromatic heterocycles. The molecule has 0 aliphatic heterocycles. The second-order valence-electron chi connectivity index (χ2n) is 5.32. The maximum absolute atomic E-state index is 6.38. The Hall–Kier alpha value is -1.02. The lowest BCUT2D eigenvalue weighted by Crippen LogP contribution is -2.18. The number of benzene rings is 1. The molecule has 18 heavy (non-hydrogen) atoms. The van der Waals surface area contributed by atoms with Gasteiger partial charge in [-0.3, -0.25) is 0 Å². The summed E-state index contributed by atoms with van der Waals surface area (Å²) in [4.78, 5) is 0. The van der Waals surface area contributed by atoms with E-state index in [9.17, 15) is 0 Å². The summed E-state index contributed by atoms with van der Waals surface area (Å²) in [5.41, 5.74) is 7.55. The van der Waals surface area contributed by atoms with Crippen LogP contribution in [0.1, 0.15) is 57.1 Å². The quantitative estimate of drug-likeness (QED) is 0.851. The van der Waals surface area contributed by atoms with E-state index in [1.54, 1.807) is 0 Å². The minimum Gasteiger partial charge on any atom is -0.494 e. The molecular weight excluding hydrogens is 222 g/mol. The fourth-order valence-corrected chi connectivity index (χ4v) is 2.98. The van der Waals surface area contributed by atoms with E-state index in [1.165, 1.54) is 37.7 Å². The zero-order chi connectivity index (χ0) is 12.8. The van der Waals surface area contributed by atoms with Gasteiger partial charge in [0.05, 0.1) is 6.61 Å². The summed E-state index contributed by atoms with van der Waals surface area (Å²) in [6.45, 7) is 2.72. The SMILES string of the molecule is CCOc1ccccc1C(N)CC1CCCCC1. The average Bonchev–Trinajstić information content (AvgIpc) is 2.41. The van der Waals surface area contributed by atoms with Crippen molar-refractivity contribution in [2.24, 2.45) is 11.7 Å². The normalized spacial score (nSPS) is 18.6. The monoisotopic (exact) mass is 247 g/mol. The molecule has 2 heteroatoms. The van der Waals surface area contributed by atoms with Crippen LogP contribution in [0.2, 0.25) is 0 Å². The van der Waals surface area contributed by atoms with E-state index in [2.05, 4.69) is 12.1 Å². The van der Waals surface area contributed by atoms with Crippen molar-refractivity contribution < 1.29 is 4.74 Å². The molecule has 1 fully saturated rings. The van der Waals surface area contributed by atoms with Crippen molar-refractivity contribution in [2.45, 2.75) is 51.5 Å². The Labute approximate surface area is 111 Å². The first-order valence-electron chi connectivity index (χ1n) is 7.28. The van der Waals surface area contributed by atoms with Crippen LogP contribution in [-0.2, 0) is 0 Å². The number of hydrogen-bond donors (Lipinski definition) is 1. The molecule has 0 saturated heterocycles. The van der Waals surface area contributed by atoms with Gasteiger partial charge in [-0.15, -0.1) is 0 Å². The van der Waals surface area contributed by atoms with E-state index in [4.69, 9.17) is 10.5 Å². The highest BCUT2D eigenvalue weighted by molar-refractivity contribution is 5.35. The highest BCUT2D eigenvalue weighted by Gasteiger charge is 2.19. The molecule has 1 atom stereocenters. The molecule has 2 N–H and O–H groups in total. The van der Waals surface area contributed by atoms with Crippen molar-refractivity contribution in [3.8, 4) is 5.75 Å². The first-order chi connectivity index (χ1) is 8.81. The summed E-state index contributed by atoms with van der Waals surface area (Å²) in [6.07, 6.45) is 7.97. The summed E-state index contributed by atoms with van der Waals surface area (Å²) in [5, 5.41) is 0. The van der Waals surface area contributed by atoms with Crippen LogP contribution in [0.15, 0.2) is 24.3 Å². The zero-order valence-corrected chi connectivity index (χ0v) is 11.4. The van der Waals surface area contributed by atoms with E-state index >= 15 is 0 Å². The second-order valence-corrected chi connectivity index (χ2v) is 5.32. The zero-order valence-electron chi connectivity index (χ0n) is 11.4. The third-order valence-electron chi connectivity index (χ3n) is 3.93. The molecule has 0 radical (unpaired) electrons.